The van der Waals surface area contributed by atoms with Gasteiger partial charge < -0.3 is 5.32 Å². The van der Waals surface area contributed by atoms with Crippen LogP contribution in [0, 0.1) is 30.3 Å². The van der Waals surface area contributed by atoms with Gasteiger partial charge in [0.2, 0.25) is 0 Å². The van der Waals surface area contributed by atoms with Gasteiger partial charge in [-0.3, -0.25) is 44.8 Å². The lowest BCUT2D eigenvalue weighted by Gasteiger charge is -2.31. The van der Waals surface area contributed by atoms with E-state index in [0.717, 1.165) is 11.0 Å². The molecule has 0 spiro atoms. The quantitative estimate of drug-likeness (QED) is 0.215. The summed E-state index contributed by atoms with van der Waals surface area (Å²) in [4.78, 5) is 60.9. The van der Waals surface area contributed by atoms with E-state index in [2.05, 4.69) is 5.32 Å². The molecule has 4 aromatic rings. The molecule has 0 aliphatic rings. The molecule has 0 radical (unpaired) electrons. The molecule has 200 valence electrons. The van der Waals surface area contributed by atoms with Gasteiger partial charge in [-0.05, 0) is 48.0 Å². The molecule has 0 aromatic heterocycles. The van der Waals surface area contributed by atoms with Crippen LogP contribution in [-0.2, 0) is 4.79 Å². The lowest BCUT2D eigenvalue weighted by molar-refractivity contribution is -0.385. The molecule has 0 fully saturated rings. The highest BCUT2D eigenvalue weighted by Crippen LogP contribution is 2.33. The fourth-order valence-corrected chi connectivity index (χ4v) is 3.99. The normalized spacial score (nSPS) is 11.2. The van der Waals surface area contributed by atoms with Gasteiger partial charge in [0, 0.05) is 41.7 Å². The van der Waals surface area contributed by atoms with E-state index in [1.54, 1.807) is 18.2 Å². The molecule has 2 amide bonds. The smallest absolute Gasteiger partial charge is 0.282 e. The van der Waals surface area contributed by atoms with Crippen LogP contribution >= 0.6 is 0 Å². The number of nitrogens with one attached hydrogen (secondary N) is 1. The Morgan fingerprint density at radius 1 is 0.650 bits per heavy atom. The number of nitrogens with zero attached hydrogens (tertiary/aromatic N) is 4. The van der Waals surface area contributed by atoms with Crippen LogP contribution in [-0.4, -0.2) is 26.6 Å². The van der Waals surface area contributed by atoms with E-state index in [0.29, 0.717) is 0 Å². The highest BCUT2D eigenvalue weighted by atomic mass is 16.6. The van der Waals surface area contributed by atoms with Crippen LogP contribution in [0.5, 0.6) is 0 Å². The van der Waals surface area contributed by atoms with E-state index in [9.17, 15) is 39.9 Å². The molecule has 0 aliphatic heterocycles. The van der Waals surface area contributed by atoms with Crippen molar-refractivity contribution in [3.05, 3.63) is 145 Å². The molecular weight excluding hydrogens is 522 g/mol. The average Bonchev–Trinajstić information content (AvgIpc) is 2.96. The Morgan fingerprint density at radius 3 is 1.73 bits per heavy atom. The molecular formula is C27H19N5O8. The Balaban J connectivity index is 1.87. The third-order valence-electron chi connectivity index (χ3n) is 5.86. The number of nitro groups is 3. The van der Waals surface area contributed by atoms with Gasteiger partial charge in [0.05, 0.1) is 14.8 Å². The molecule has 4 rings (SSSR count). The number of nitro benzene ring substituents is 3. The van der Waals surface area contributed by atoms with Crippen molar-refractivity contribution < 1.29 is 24.4 Å². The van der Waals surface area contributed by atoms with Crippen molar-refractivity contribution in [1.29, 1.82) is 0 Å². The van der Waals surface area contributed by atoms with Gasteiger partial charge in [-0.2, -0.15) is 0 Å². The molecule has 0 aliphatic carbocycles. The van der Waals surface area contributed by atoms with Crippen LogP contribution < -0.4 is 10.2 Å². The van der Waals surface area contributed by atoms with Gasteiger partial charge in [-0.1, -0.05) is 30.3 Å². The monoisotopic (exact) mass is 541 g/mol. The van der Waals surface area contributed by atoms with Gasteiger partial charge >= 0.3 is 0 Å². The molecule has 1 atom stereocenters. The predicted molar refractivity (Wildman–Crippen MR) is 144 cm³/mol. The first-order chi connectivity index (χ1) is 19.2. The van der Waals surface area contributed by atoms with E-state index in [-0.39, 0.29) is 33.9 Å². The number of para-hydroxylation sites is 2. The summed E-state index contributed by atoms with van der Waals surface area (Å²) in [6.45, 7) is 0. The fraction of sp³-hybridized carbons (Fsp3) is 0.0370. The maximum absolute atomic E-state index is 14.0. The SMILES string of the molecule is O=C(Nc1ccc([N+](=O)[O-])cc1)C(c1ccc([N+](=O)[O-])cc1)N(C(=O)c1ccccc1[N+](=O)[O-])c1ccccc1. The number of hydrogen-bond acceptors (Lipinski definition) is 8. The topological polar surface area (TPSA) is 179 Å². The average molecular weight is 541 g/mol. The number of carbonyl (C=O) groups excluding carboxylic acids is 2. The maximum atomic E-state index is 14.0. The van der Waals surface area contributed by atoms with Crippen molar-refractivity contribution in [3.8, 4) is 0 Å². The zero-order valence-electron chi connectivity index (χ0n) is 20.4. The first-order valence-electron chi connectivity index (χ1n) is 11.6. The Kier molecular flexibility index (Phi) is 7.85. The van der Waals surface area contributed by atoms with Crippen LogP contribution in [0.15, 0.2) is 103 Å². The number of rotatable bonds is 9. The third-order valence-corrected chi connectivity index (χ3v) is 5.86. The predicted octanol–water partition coefficient (Wildman–Crippen LogP) is 5.44. The number of hydrogen-bond donors (Lipinski definition) is 1. The molecule has 1 unspecified atom stereocenters. The summed E-state index contributed by atoms with van der Waals surface area (Å²) in [6.07, 6.45) is 0. The minimum Gasteiger partial charge on any atom is -0.324 e. The largest absolute Gasteiger partial charge is 0.324 e. The van der Waals surface area contributed by atoms with Crippen molar-refractivity contribution in [2.45, 2.75) is 6.04 Å². The molecule has 4 aromatic carbocycles. The molecule has 1 N–H and O–H groups in total. The van der Waals surface area contributed by atoms with Crippen molar-refractivity contribution >= 4 is 40.3 Å². The molecule has 13 nitrogen and oxygen atoms in total. The fourth-order valence-electron chi connectivity index (χ4n) is 3.99. The standard InChI is InChI=1S/C27H19N5O8/c33-26(28-19-12-16-22(17-13-19)31(37)38)25(18-10-14-21(15-11-18)30(35)36)29(20-6-2-1-3-7-20)27(34)23-8-4-5-9-24(23)32(39)40/h1-17,25H,(H,28,33). The van der Waals surface area contributed by atoms with Gasteiger partial charge in [0.15, 0.2) is 0 Å². The Morgan fingerprint density at radius 2 is 1.18 bits per heavy atom. The van der Waals surface area contributed by atoms with Crippen molar-refractivity contribution in [1.82, 2.24) is 0 Å². The lowest BCUT2D eigenvalue weighted by atomic mass is 10.0. The minimum atomic E-state index is -1.47. The number of amides is 2. The van der Waals surface area contributed by atoms with Crippen LogP contribution in [0.4, 0.5) is 28.4 Å². The van der Waals surface area contributed by atoms with E-state index >= 15 is 0 Å². The molecule has 0 saturated heterocycles. The molecule has 13 heteroatoms. The van der Waals surface area contributed by atoms with Crippen LogP contribution in [0.1, 0.15) is 22.0 Å². The highest BCUT2D eigenvalue weighted by Gasteiger charge is 2.36. The van der Waals surface area contributed by atoms with Crippen molar-refractivity contribution in [3.63, 3.8) is 0 Å². The number of anilines is 2. The first-order valence-corrected chi connectivity index (χ1v) is 11.6. The molecule has 40 heavy (non-hydrogen) atoms. The summed E-state index contributed by atoms with van der Waals surface area (Å²) < 4.78 is 0. The zero-order valence-corrected chi connectivity index (χ0v) is 20.4. The van der Waals surface area contributed by atoms with Crippen LogP contribution in [0.3, 0.4) is 0 Å². The Labute approximate surface area is 225 Å². The highest BCUT2D eigenvalue weighted by molar-refractivity contribution is 6.13. The summed E-state index contributed by atoms with van der Waals surface area (Å²) >= 11 is 0. The Bertz CT molecular complexity index is 1590. The first kappa shape index (κ1) is 27.1. The second-order valence-electron chi connectivity index (χ2n) is 8.33. The van der Waals surface area contributed by atoms with E-state index in [4.69, 9.17) is 0 Å². The van der Waals surface area contributed by atoms with Crippen LogP contribution in [0.2, 0.25) is 0 Å². The van der Waals surface area contributed by atoms with Gasteiger partial charge in [0.25, 0.3) is 28.9 Å². The summed E-state index contributed by atoms with van der Waals surface area (Å²) in [7, 11) is 0. The number of benzene rings is 4. The van der Waals surface area contributed by atoms with E-state index < -0.39 is 38.3 Å². The van der Waals surface area contributed by atoms with E-state index in [1.807, 2.05) is 0 Å². The minimum absolute atomic E-state index is 0.167. The van der Waals surface area contributed by atoms with Gasteiger partial charge in [0.1, 0.15) is 11.6 Å². The summed E-state index contributed by atoms with van der Waals surface area (Å²) in [6, 6.07) is 21.7. The molecule has 0 heterocycles. The van der Waals surface area contributed by atoms with Crippen molar-refractivity contribution in [2.75, 3.05) is 10.2 Å². The second kappa shape index (κ2) is 11.6. The third kappa shape index (κ3) is 5.78. The van der Waals surface area contributed by atoms with E-state index in [1.165, 1.54) is 78.9 Å². The second-order valence-corrected chi connectivity index (χ2v) is 8.33. The summed E-state index contributed by atoms with van der Waals surface area (Å²) in [5.41, 5.74) is -0.669. The number of non-ortho nitro benzene ring substituents is 2. The van der Waals surface area contributed by atoms with Crippen LogP contribution in [0.25, 0.3) is 0 Å². The maximum Gasteiger partial charge on any atom is 0.282 e. The van der Waals surface area contributed by atoms with Crippen molar-refractivity contribution in [2.24, 2.45) is 0 Å². The zero-order chi connectivity index (χ0) is 28.8. The lowest BCUT2D eigenvalue weighted by Crippen LogP contribution is -2.41. The van der Waals surface area contributed by atoms with Gasteiger partial charge in [-0.15, -0.1) is 0 Å². The summed E-state index contributed by atoms with van der Waals surface area (Å²) in [5, 5.41) is 36.6. The molecule has 0 bridgehead atoms. The Hall–Kier alpha value is -5.98. The summed E-state index contributed by atoms with van der Waals surface area (Å²) in [5.74, 6) is -1.65. The number of carbonyl (C=O) groups is 2. The van der Waals surface area contributed by atoms with Gasteiger partial charge in [-0.25, -0.2) is 0 Å². The molecule has 0 saturated carbocycles.